The van der Waals surface area contributed by atoms with Gasteiger partial charge in [-0.25, -0.2) is 0 Å². The predicted octanol–water partition coefficient (Wildman–Crippen LogP) is 3.44. The molecule has 1 aromatic carbocycles. The fourth-order valence-corrected chi connectivity index (χ4v) is 6.27. The summed E-state index contributed by atoms with van der Waals surface area (Å²) in [5, 5.41) is 9.27. The molecule has 2 amide bonds. The van der Waals surface area contributed by atoms with Crippen LogP contribution in [-0.2, 0) is 9.53 Å². The van der Waals surface area contributed by atoms with Crippen molar-refractivity contribution in [3.63, 3.8) is 0 Å². The number of fused-ring (bicyclic) bond motifs is 1. The van der Waals surface area contributed by atoms with Crippen molar-refractivity contribution in [1.82, 2.24) is 9.80 Å². The lowest BCUT2D eigenvalue weighted by Gasteiger charge is -2.43. The maximum Gasteiger partial charge on any atom is 0.253 e. The van der Waals surface area contributed by atoms with Gasteiger partial charge in [0.15, 0.2) is 0 Å². The Morgan fingerprint density at radius 3 is 2.25 bits per heavy atom. The van der Waals surface area contributed by atoms with E-state index in [-0.39, 0.29) is 23.1 Å². The summed E-state index contributed by atoms with van der Waals surface area (Å²) in [5.41, 5.74) is 1.67. The van der Waals surface area contributed by atoms with Gasteiger partial charge in [0.25, 0.3) is 5.91 Å². The lowest BCUT2D eigenvalue weighted by Crippen LogP contribution is -2.58. The average Bonchev–Trinajstić information content (AvgIpc) is 3.24. The average molecular weight is 436 g/mol. The molecule has 6 nitrogen and oxygen atoms in total. The van der Waals surface area contributed by atoms with Crippen molar-refractivity contribution in [2.24, 2.45) is 23.2 Å². The van der Waals surface area contributed by atoms with Crippen LogP contribution in [0.2, 0.25) is 0 Å². The number of carbonyl (C=O) groups is 2. The van der Waals surface area contributed by atoms with Crippen molar-refractivity contribution in [1.29, 1.82) is 5.26 Å². The molecule has 2 aliphatic carbocycles. The molecule has 0 bridgehead atoms. The van der Waals surface area contributed by atoms with Crippen molar-refractivity contribution in [3.05, 3.63) is 35.4 Å². The fourth-order valence-electron chi connectivity index (χ4n) is 6.27. The maximum absolute atomic E-state index is 13.0. The number of hydrogen-bond acceptors (Lipinski definition) is 4. The predicted molar refractivity (Wildman–Crippen MR) is 120 cm³/mol. The summed E-state index contributed by atoms with van der Waals surface area (Å²) in [6.45, 7) is 5.29. The van der Waals surface area contributed by atoms with Gasteiger partial charge in [-0.1, -0.05) is 12.1 Å². The first-order valence-electron chi connectivity index (χ1n) is 12.1. The van der Waals surface area contributed by atoms with E-state index in [0.29, 0.717) is 51.2 Å². The molecule has 0 N–H and O–H groups in total. The molecule has 0 spiro atoms. The third kappa shape index (κ3) is 3.92. The van der Waals surface area contributed by atoms with Crippen molar-refractivity contribution < 1.29 is 14.3 Å². The summed E-state index contributed by atoms with van der Waals surface area (Å²) >= 11 is 0. The number of hydrogen-bond donors (Lipinski definition) is 0. The van der Waals surface area contributed by atoms with Crippen LogP contribution in [0.5, 0.6) is 0 Å². The van der Waals surface area contributed by atoms with Gasteiger partial charge in [0.05, 0.1) is 24.7 Å². The Kier molecular flexibility index (Phi) is 5.71. The normalized spacial score (nSPS) is 31.4. The van der Waals surface area contributed by atoms with E-state index in [0.717, 1.165) is 24.3 Å². The Labute approximate surface area is 190 Å². The zero-order chi connectivity index (χ0) is 22.3. The summed E-state index contributed by atoms with van der Waals surface area (Å²) in [7, 11) is 0. The minimum absolute atomic E-state index is 0.0539. The SMILES string of the molecule is CC1(C(=O)N2CCN(C(=O)c3ccc(C4CCC5CC(C#N)CC5C4)cc3)CC2)COC1. The van der Waals surface area contributed by atoms with Gasteiger partial charge in [0.1, 0.15) is 0 Å². The van der Waals surface area contributed by atoms with Gasteiger partial charge in [-0.15, -0.1) is 0 Å². The van der Waals surface area contributed by atoms with E-state index in [2.05, 4.69) is 18.2 Å². The van der Waals surface area contributed by atoms with Gasteiger partial charge in [0.2, 0.25) is 5.91 Å². The van der Waals surface area contributed by atoms with Crippen molar-refractivity contribution in [2.45, 2.75) is 44.9 Å². The topological polar surface area (TPSA) is 73.6 Å². The number of benzene rings is 1. The molecule has 4 atom stereocenters. The van der Waals surface area contributed by atoms with E-state index in [9.17, 15) is 14.9 Å². The lowest BCUT2D eigenvalue weighted by atomic mass is 9.73. The third-order valence-corrected chi connectivity index (χ3v) is 8.34. The fraction of sp³-hybridized carbons (Fsp3) is 0.654. The molecule has 1 aromatic rings. The van der Waals surface area contributed by atoms with Gasteiger partial charge in [-0.2, -0.15) is 5.26 Å². The van der Waals surface area contributed by atoms with Crippen LogP contribution >= 0.6 is 0 Å². The number of piperazine rings is 1. The van der Waals surface area contributed by atoms with Gasteiger partial charge in [-0.3, -0.25) is 9.59 Å². The Balaban J connectivity index is 1.16. The van der Waals surface area contributed by atoms with Crippen LogP contribution in [0.15, 0.2) is 24.3 Å². The van der Waals surface area contributed by atoms with E-state index in [1.54, 1.807) is 0 Å². The van der Waals surface area contributed by atoms with Gasteiger partial charge < -0.3 is 14.5 Å². The second-order valence-corrected chi connectivity index (χ2v) is 10.6. The highest BCUT2D eigenvalue weighted by Gasteiger charge is 2.44. The summed E-state index contributed by atoms with van der Waals surface area (Å²) in [5.74, 6) is 2.43. The summed E-state index contributed by atoms with van der Waals surface area (Å²) in [4.78, 5) is 29.4. The second kappa shape index (κ2) is 8.51. The van der Waals surface area contributed by atoms with E-state index < -0.39 is 0 Å². The van der Waals surface area contributed by atoms with Crippen molar-refractivity contribution >= 4 is 11.8 Å². The number of ether oxygens (including phenoxy) is 1. The summed E-state index contributed by atoms with van der Waals surface area (Å²) in [6.07, 6.45) is 5.74. The highest BCUT2D eigenvalue weighted by molar-refractivity contribution is 5.94. The zero-order valence-electron chi connectivity index (χ0n) is 19.0. The number of amides is 2. The minimum Gasteiger partial charge on any atom is -0.379 e. The second-order valence-electron chi connectivity index (χ2n) is 10.6. The van der Waals surface area contributed by atoms with Crippen LogP contribution in [0, 0.1) is 34.5 Å². The quantitative estimate of drug-likeness (QED) is 0.729. The summed E-state index contributed by atoms with van der Waals surface area (Å²) < 4.78 is 5.23. The largest absolute Gasteiger partial charge is 0.379 e. The van der Waals surface area contributed by atoms with E-state index in [1.807, 2.05) is 28.9 Å². The van der Waals surface area contributed by atoms with Crippen LogP contribution in [0.1, 0.15) is 60.9 Å². The molecule has 2 saturated heterocycles. The zero-order valence-corrected chi connectivity index (χ0v) is 19.0. The highest BCUT2D eigenvalue weighted by atomic mass is 16.5. The van der Waals surface area contributed by atoms with Crippen LogP contribution in [-0.4, -0.2) is 61.0 Å². The first-order chi connectivity index (χ1) is 15.5. The molecule has 0 aromatic heterocycles. The molecule has 4 aliphatic rings. The molecule has 0 radical (unpaired) electrons. The number of nitrogens with zero attached hydrogens (tertiary/aromatic N) is 3. The van der Waals surface area contributed by atoms with E-state index >= 15 is 0 Å². The molecule has 32 heavy (non-hydrogen) atoms. The molecule has 2 aliphatic heterocycles. The first kappa shape index (κ1) is 21.5. The number of carbonyl (C=O) groups excluding carboxylic acids is 2. The molecule has 2 heterocycles. The maximum atomic E-state index is 13.0. The van der Waals surface area contributed by atoms with Crippen LogP contribution in [0.3, 0.4) is 0 Å². The Hall–Kier alpha value is -2.39. The van der Waals surface area contributed by atoms with Crippen LogP contribution < -0.4 is 0 Å². The first-order valence-corrected chi connectivity index (χ1v) is 12.1. The molecule has 6 heteroatoms. The van der Waals surface area contributed by atoms with Gasteiger partial charge in [-0.05, 0) is 74.5 Å². The standard InChI is InChI=1S/C26H33N3O3/c1-26(16-32-17-26)25(31)29-10-8-28(9-11-29)24(30)20-4-2-19(3-5-20)22-7-6-21-12-18(15-27)13-23(21)14-22/h2-5,18,21-23H,6-14,16-17H2,1H3. The summed E-state index contributed by atoms with van der Waals surface area (Å²) in [6, 6.07) is 10.7. The lowest BCUT2D eigenvalue weighted by molar-refractivity contribution is -0.170. The van der Waals surface area contributed by atoms with Crippen LogP contribution in [0.25, 0.3) is 0 Å². The smallest absolute Gasteiger partial charge is 0.253 e. The van der Waals surface area contributed by atoms with Gasteiger partial charge in [0, 0.05) is 37.7 Å². The molecule has 5 rings (SSSR count). The van der Waals surface area contributed by atoms with Crippen LogP contribution in [0.4, 0.5) is 0 Å². The Morgan fingerprint density at radius 2 is 1.62 bits per heavy atom. The molecule has 2 saturated carbocycles. The highest BCUT2D eigenvalue weighted by Crippen LogP contribution is 2.49. The van der Waals surface area contributed by atoms with Gasteiger partial charge >= 0.3 is 0 Å². The number of nitriles is 1. The Morgan fingerprint density at radius 1 is 0.969 bits per heavy atom. The monoisotopic (exact) mass is 435 g/mol. The van der Waals surface area contributed by atoms with Crippen molar-refractivity contribution in [2.75, 3.05) is 39.4 Å². The molecule has 170 valence electrons. The molecular formula is C26H33N3O3. The van der Waals surface area contributed by atoms with E-state index in [4.69, 9.17) is 4.74 Å². The molecular weight excluding hydrogens is 402 g/mol. The molecule has 4 fully saturated rings. The Bertz CT molecular complexity index is 909. The van der Waals surface area contributed by atoms with Crippen molar-refractivity contribution in [3.8, 4) is 6.07 Å². The minimum atomic E-state index is -0.380. The van der Waals surface area contributed by atoms with E-state index in [1.165, 1.54) is 24.8 Å². The number of rotatable bonds is 3. The molecule has 4 unspecified atom stereocenters. The third-order valence-electron chi connectivity index (χ3n) is 8.34.